The normalized spacial score (nSPS) is 29.3. The predicted octanol–water partition coefficient (Wildman–Crippen LogP) is 0.113. The van der Waals surface area contributed by atoms with Gasteiger partial charge in [0.15, 0.2) is 0 Å². The van der Waals surface area contributed by atoms with E-state index in [2.05, 4.69) is 10.6 Å². The molecule has 2 aliphatic heterocycles. The first kappa shape index (κ1) is 13.3. The molecule has 2 aliphatic rings. The average Bonchev–Trinajstić information content (AvgIpc) is 2.67. The molecule has 0 aromatic carbocycles. The van der Waals surface area contributed by atoms with Crippen LogP contribution < -0.4 is 10.6 Å². The van der Waals surface area contributed by atoms with Crippen LogP contribution in [0.2, 0.25) is 0 Å². The summed E-state index contributed by atoms with van der Waals surface area (Å²) in [5, 5.41) is 6.15. The molecule has 2 heterocycles. The van der Waals surface area contributed by atoms with Crippen LogP contribution in [0.5, 0.6) is 0 Å². The van der Waals surface area contributed by atoms with Crippen LogP contribution in [-0.2, 0) is 9.59 Å². The van der Waals surface area contributed by atoms with E-state index in [4.69, 9.17) is 0 Å². The topological polar surface area (TPSA) is 61.4 Å². The van der Waals surface area contributed by atoms with E-state index in [9.17, 15) is 9.59 Å². The first-order chi connectivity index (χ1) is 8.68. The van der Waals surface area contributed by atoms with Crippen LogP contribution >= 0.6 is 0 Å². The van der Waals surface area contributed by atoms with Crippen molar-refractivity contribution in [2.75, 3.05) is 26.7 Å². The van der Waals surface area contributed by atoms with E-state index >= 15 is 0 Å². The molecule has 2 atom stereocenters. The van der Waals surface area contributed by atoms with Crippen molar-refractivity contribution >= 4 is 11.8 Å². The number of carbonyl (C=O) groups is 2. The van der Waals surface area contributed by atoms with E-state index in [-0.39, 0.29) is 17.7 Å². The van der Waals surface area contributed by atoms with Crippen molar-refractivity contribution in [3.05, 3.63) is 0 Å². The molecular formula is C13H23N3O2. The lowest BCUT2D eigenvalue weighted by molar-refractivity contribution is -0.138. The Hall–Kier alpha value is -1.10. The zero-order valence-electron chi connectivity index (χ0n) is 11.1. The standard InChI is InChI=1S/C13H23N3O2/c1-16(11-3-2-7-14-8-6-11)13(18)10-4-5-12(17)15-9-10/h10-11,14H,2-9H2,1H3,(H,15,17). The monoisotopic (exact) mass is 253 g/mol. The summed E-state index contributed by atoms with van der Waals surface area (Å²) in [6.07, 6.45) is 4.41. The Labute approximate surface area is 108 Å². The molecule has 2 fully saturated rings. The Bertz CT molecular complexity index is 301. The molecule has 0 bridgehead atoms. The van der Waals surface area contributed by atoms with Crippen LogP contribution in [-0.4, -0.2) is 49.4 Å². The summed E-state index contributed by atoms with van der Waals surface area (Å²) in [6.45, 7) is 2.55. The average molecular weight is 253 g/mol. The van der Waals surface area contributed by atoms with Gasteiger partial charge >= 0.3 is 0 Å². The second-order valence-electron chi connectivity index (χ2n) is 5.32. The molecule has 0 aromatic heterocycles. The van der Waals surface area contributed by atoms with Crippen LogP contribution in [0.4, 0.5) is 0 Å². The molecule has 0 aliphatic carbocycles. The number of rotatable bonds is 2. The first-order valence-corrected chi connectivity index (χ1v) is 6.92. The largest absolute Gasteiger partial charge is 0.355 e. The minimum absolute atomic E-state index is 0.0242. The first-order valence-electron chi connectivity index (χ1n) is 6.92. The van der Waals surface area contributed by atoms with E-state index in [1.165, 1.54) is 0 Å². The van der Waals surface area contributed by atoms with Crippen molar-refractivity contribution in [3.63, 3.8) is 0 Å². The Morgan fingerprint density at radius 3 is 2.83 bits per heavy atom. The van der Waals surface area contributed by atoms with Gasteiger partial charge in [-0.15, -0.1) is 0 Å². The summed E-state index contributed by atoms with van der Waals surface area (Å²) in [4.78, 5) is 25.4. The van der Waals surface area contributed by atoms with E-state index < -0.39 is 0 Å². The molecule has 0 saturated carbocycles. The Balaban J connectivity index is 1.88. The maximum Gasteiger partial charge on any atom is 0.227 e. The summed E-state index contributed by atoms with van der Waals surface area (Å²) >= 11 is 0. The highest BCUT2D eigenvalue weighted by Crippen LogP contribution is 2.18. The number of amides is 2. The molecule has 2 N–H and O–H groups in total. The van der Waals surface area contributed by atoms with Gasteiger partial charge in [-0.3, -0.25) is 9.59 Å². The van der Waals surface area contributed by atoms with Gasteiger partial charge in [0, 0.05) is 26.1 Å². The maximum atomic E-state index is 12.4. The predicted molar refractivity (Wildman–Crippen MR) is 69.0 cm³/mol. The number of hydrogen-bond acceptors (Lipinski definition) is 3. The van der Waals surface area contributed by atoms with Gasteiger partial charge in [0.2, 0.25) is 11.8 Å². The number of nitrogens with one attached hydrogen (secondary N) is 2. The van der Waals surface area contributed by atoms with Gasteiger partial charge < -0.3 is 15.5 Å². The summed E-state index contributed by atoms with van der Waals surface area (Å²) < 4.78 is 0. The molecule has 2 saturated heterocycles. The molecule has 102 valence electrons. The zero-order valence-corrected chi connectivity index (χ0v) is 11.1. The molecule has 0 radical (unpaired) electrons. The Kier molecular flexibility index (Phi) is 4.58. The van der Waals surface area contributed by atoms with Gasteiger partial charge in [-0.1, -0.05) is 0 Å². The molecular weight excluding hydrogens is 230 g/mol. The minimum atomic E-state index is -0.0242. The third-order valence-corrected chi connectivity index (χ3v) is 4.06. The summed E-state index contributed by atoms with van der Waals surface area (Å²) in [7, 11) is 1.91. The van der Waals surface area contributed by atoms with Crippen molar-refractivity contribution in [3.8, 4) is 0 Å². The molecule has 2 unspecified atom stereocenters. The highest BCUT2D eigenvalue weighted by molar-refractivity contribution is 5.83. The Morgan fingerprint density at radius 2 is 2.11 bits per heavy atom. The van der Waals surface area contributed by atoms with Crippen molar-refractivity contribution in [1.29, 1.82) is 0 Å². The highest BCUT2D eigenvalue weighted by atomic mass is 16.2. The number of piperidine rings is 1. The van der Waals surface area contributed by atoms with Crippen molar-refractivity contribution < 1.29 is 9.59 Å². The summed E-state index contributed by atoms with van der Waals surface area (Å²) in [6, 6.07) is 0.352. The molecule has 18 heavy (non-hydrogen) atoms. The number of hydrogen-bond donors (Lipinski definition) is 2. The molecule has 0 spiro atoms. The molecule has 5 nitrogen and oxygen atoms in total. The van der Waals surface area contributed by atoms with Gasteiger partial charge in [0.05, 0.1) is 5.92 Å². The zero-order chi connectivity index (χ0) is 13.0. The van der Waals surface area contributed by atoms with Crippen LogP contribution in [0.25, 0.3) is 0 Å². The van der Waals surface area contributed by atoms with Crippen LogP contribution in [0, 0.1) is 5.92 Å². The second kappa shape index (κ2) is 6.18. The number of carbonyl (C=O) groups excluding carboxylic acids is 2. The van der Waals surface area contributed by atoms with Gasteiger partial charge in [0.25, 0.3) is 0 Å². The fourth-order valence-electron chi connectivity index (χ4n) is 2.80. The van der Waals surface area contributed by atoms with E-state index in [1.54, 1.807) is 0 Å². The van der Waals surface area contributed by atoms with Gasteiger partial charge in [-0.2, -0.15) is 0 Å². The van der Waals surface area contributed by atoms with E-state index in [1.807, 2.05) is 11.9 Å². The van der Waals surface area contributed by atoms with Crippen LogP contribution in [0.3, 0.4) is 0 Å². The van der Waals surface area contributed by atoms with E-state index in [0.717, 1.165) is 32.4 Å². The maximum absolute atomic E-state index is 12.4. The molecule has 2 amide bonds. The third-order valence-electron chi connectivity index (χ3n) is 4.06. The van der Waals surface area contributed by atoms with Gasteiger partial charge in [0.1, 0.15) is 0 Å². The lowest BCUT2D eigenvalue weighted by atomic mass is 9.96. The second-order valence-corrected chi connectivity index (χ2v) is 5.32. The fraction of sp³-hybridized carbons (Fsp3) is 0.846. The lowest BCUT2D eigenvalue weighted by Gasteiger charge is -2.32. The van der Waals surface area contributed by atoms with Crippen molar-refractivity contribution in [2.24, 2.45) is 5.92 Å². The van der Waals surface area contributed by atoms with Gasteiger partial charge in [-0.05, 0) is 38.8 Å². The fourth-order valence-corrected chi connectivity index (χ4v) is 2.80. The van der Waals surface area contributed by atoms with Crippen molar-refractivity contribution in [1.82, 2.24) is 15.5 Å². The SMILES string of the molecule is CN(C(=O)C1CCC(=O)NC1)C1CCCNCC1. The summed E-state index contributed by atoms with van der Waals surface area (Å²) in [5.41, 5.74) is 0. The van der Waals surface area contributed by atoms with Crippen molar-refractivity contribution in [2.45, 2.75) is 38.1 Å². The van der Waals surface area contributed by atoms with E-state index in [0.29, 0.717) is 25.4 Å². The van der Waals surface area contributed by atoms with Gasteiger partial charge in [-0.25, -0.2) is 0 Å². The molecule has 5 heteroatoms. The quantitative estimate of drug-likeness (QED) is 0.734. The molecule has 2 rings (SSSR count). The number of nitrogens with zero attached hydrogens (tertiary/aromatic N) is 1. The molecule has 0 aromatic rings. The third kappa shape index (κ3) is 3.22. The Morgan fingerprint density at radius 1 is 1.28 bits per heavy atom. The van der Waals surface area contributed by atoms with Crippen LogP contribution in [0.15, 0.2) is 0 Å². The smallest absolute Gasteiger partial charge is 0.227 e. The minimum Gasteiger partial charge on any atom is -0.355 e. The highest BCUT2D eigenvalue weighted by Gasteiger charge is 2.30. The van der Waals surface area contributed by atoms with Crippen LogP contribution in [0.1, 0.15) is 32.1 Å². The lowest BCUT2D eigenvalue weighted by Crippen LogP contribution is -2.47. The summed E-state index contributed by atoms with van der Waals surface area (Å²) in [5.74, 6) is 0.242.